The maximum atomic E-state index is 14.2. The molecule has 0 bridgehead atoms. The third kappa shape index (κ3) is 6.22. The number of nitrogens with one attached hydrogen (secondary N) is 3. The lowest BCUT2D eigenvalue weighted by Crippen LogP contribution is -2.69. The van der Waals surface area contributed by atoms with Crippen LogP contribution in [0, 0.1) is 0 Å². The lowest BCUT2D eigenvalue weighted by molar-refractivity contribution is -0.136. The molecule has 0 aliphatic heterocycles. The maximum Gasteiger partial charge on any atom is 0.252 e. The van der Waals surface area contributed by atoms with Gasteiger partial charge in [0.05, 0.1) is 0 Å². The minimum atomic E-state index is -1.14. The van der Waals surface area contributed by atoms with Crippen LogP contribution in [0.15, 0.2) is 91.0 Å². The molecule has 39 heavy (non-hydrogen) atoms. The van der Waals surface area contributed by atoms with Gasteiger partial charge in [-0.2, -0.15) is 0 Å². The van der Waals surface area contributed by atoms with E-state index in [1.807, 2.05) is 78.9 Å². The fourth-order valence-corrected chi connectivity index (χ4v) is 5.95. The summed E-state index contributed by atoms with van der Waals surface area (Å²) < 4.78 is 0. The van der Waals surface area contributed by atoms with Crippen molar-refractivity contribution >= 4 is 17.7 Å². The van der Waals surface area contributed by atoms with Crippen molar-refractivity contribution in [3.63, 3.8) is 0 Å². The Morgan fingerprint density at radius 1 is 0.769 bits per heavy atom. The highest BCUT2D eigenvalue weighted by molar-refractivity contribution is 6.01. The second-order valence-electron chi connectivity index (χ2n) is 10.9. The molecule has 3 atom stereocenters. The first-order valence-corrected chi connectivity index (χ1v) is 14.1. The topological polar surface area (TPSA) is 87.3 Å². The fraction of sp³-hybridized carbons (Fsp3) is 0.364. The highest BCUT2D eigenvalue weighted by Gasteiger charge is 2.55. The van der Waals surface area contributed by atoms with Gasteiger partial charge in [0.15, 0.2) is 0 Å². The second-order valence-corrected chi connectivity index (χ2v) is 10.9. The van der Waals surface area contributed by atoms with Crippen molar-refractivity contribution in [2.24, 2.45) is 0 Å². The van der Waals surface area contributed by atoms with Crippen molar-refractivity contribution in [2.45, 2.75) is 74.9 Å². The number of hydrogen-bond donors (Lipinski definition) is 3. The van der Waals surface area contributed by atoms with E-state index in [2.05, 4.69) is 16.0 Å². The second kappa shape index (κ2) is 12.3. The van der Waals surface area contributed by atoms with Crippen molar-refractivity contribution < 1.29 is 14.4 Å². The summed E-state index contributed by atoms with van der Waals surface area (Å²) in [5, 5.41) is 9.39. The van der Waals surface area contributed by atoms with Crippen LogP contribution < -0.4 is 16.0 Å². The van der Waals surface area contributed by atoms with Gasteiger partial charge in [-0.25, -0.2) is 0 Å². The van der Waals surface area contributed by atoms with Gasteiger partial charge >= 0.3 is 0 Å². The molecule has 3 N–H and O–H groups in total. The lowest BCUT2D eigenvalue weighted by atomic mass is 9.62. The van der Waals surface area contributed by atoms with Gasteiger partial charge in [0.1, 0.15) is 11.6 Å². The van der Waals surface area contributed by atoms with Gasteiger partial charge in [0.2, 0.25) is 11.8 Å². The van der Waals surface area contributed by atoms with Gasteiger partial charge in [-0.15, -0.1) is 0 Å². The lowest BCUT2D eigenvalue weighted by Gasteiger charge is -2.49. The molecule has 0 heterocycles. The summed E-state index contributed by atoms with van der Waals surface area (Å²) in [4.78, 5) is 41.1. The van der Waals surface area contributed by atoms with Gasteiger partial charge < -0.3 is 16.0 Å². The zero-order valence-corrected chi connectivity index (χ0v) is 22.3. The van der Waals surface area contributed by atoms with E-state index in [9.17, 15) is 14.4 Å². The Bertz CT molecular complexity index is 1260. The van der Waals surface area contributed by atoms with Gasteiger partial charge in [-0.05, 0) is 48.9 Å². The summed E-state index contributed by atoms with van der Waals surface area (Å²) in [7, 11) is 0. The van der Waals surface area contributed by atoms with E-state index < -0.39 is 11.6 Å². The van der Waals surface area contributed by atoms with Crippen molar-refractivity contribution in [3.05, 3.63) is 108 Å². The number of carbonyl (C=O) groups excluding carboxylic acids is 3. The predicted octanol–water partition coefficient (Wildman–Crippen LogP) is 4.91. The Kier molecular flexibility index (Phi) is 8.40. The maximum absolute atomic E-state index is 14.2. The number of benzene rings is 3. The fourth-order valence-electron chi connectivity index (χ4n) is 5.95. The Hall–Kier alpha value is -3.93. The molecule has 2 fully saturated rings. The standard InChI is InChI=1S/C33H37N3O3/c37-30(26-17-9-3-10-18-26)36-33(22-21-28(33)25-15-7-2-8-16-25)32(39)35-29(23-24-13-5-1-6-14-24)31(38)34-27-19-11-4-12-20-27/h1-3,5-10,13-18,27-29H,4,11-12,19-23H2,(H,34,38)(H,35,39)(H,36,37). The Morgan fingerprint density at radius 2 is 1.38 bits per heavy atom. The Labute approximate surface area is 230 Å². The molecular weight excluding hydrogens is 486 g/mol. The van der Waals surface area contributed by atoms with Crippen LogP contribution >= 0.6 is 0 Å². The average molecular weight is 524 g/mol. The number of amides is 3. The summed E-state index contributed by atoms with van der Waals surface area (Å²) in [6.45, 7) is 0. The monoisotopic (exact) mass is 523 g/mol. The van der Waals surface area contributed by atoms with Crippen LogP contribution in [0.1, 0.15) is 72.3 Å². The molecule has 2 saturated carbocycles. The molecule has 3 aromatic rings. The molecule has 0 aromatic heterocycles. The summed E-state index contributed by atoms with van der Waals surface area (Å²) in [6.07, 6.45) is 6.98. The minimum absolute atomic E-state index is 0.133. The molecule has 0 radical (unpaired) electrons. The van der Waals surface area contributed by atoms with Gasteiger partial charge in [0, 0.05) is 23.9 Å². The molecule has 3 aromatic carbocycles. The molecule has 0 saturated heterocycles. The third-order valence-electron chi connectivity index (χ3n) is 8.26. The first kappa shape index (κ1) is 26.7. The van der Waals surface area contributed by atoms with E-state index in [-0.39, 0.29) is 29.7 Å². The number of rotatable bonds is 9. The highest BCUT2D eigenvalue weighted by atomic mass is 16.2. The molecule has 2 aliphatic carbocycles. The van der Waals surface area contributed by atoms with Gasteiger partial charge in [-0.3, -0.25) is 14.4 Å². The van der Waals surface area contributed by atoms with Crippen LogP contribution in [0.3, 0.4) is 0 Å². The van der Waals surface area contributed by atoms with Gasteiger partial charge in [-0.1, -0.05) is 98.1 Å². The molecule has 2 aliphatic rings. The predicted molar refractivity (Wildman–Crippen MR) is 152 cm³/mol. The van der Waals surface area contributed by atoms with E-state index in [0.717, 1.165) is 43.2 Å². The molecule has 5 rings (SSSR count). The minimum Gasteiger partial charge on any atom is -0.352 e. The van der Waals surface area contributed by atoms with Crippen molar-refractivity contribution in [1.82, 2.24) is 16.0 Å². The summed E-state index contributed by atoms with van der Waals surface area (Å²) in [6, 6.07) is 27.9. The molecule has 0 spiro atoms. The first-order chi connectivity index (χ1) is 19.0. The zero-order chi connectivity index (χ0) is 27.1. The largest absolute Gasteiger partial charge is 0.352 e. The highest BCUT2D eigenvalue weighted by Crippen LogP contribution is 2.46. The van der Waals surface area contributed by atoms with Crippen molar-refractivity contribution in [3.8, 4) is 0 Å². The smallest absolute Gasteiger partial charge is 0.252 e. The summed E-state index contributed by atoms with van der Waals surface area (Å²) in [5.74, 6) is -0.964. The van der Waals surface area contributed by atoms with Crippen LogP contribution in [-0.2, 0) is 16.0 Å². The number of hydrogen-bond acceptors (Lipinski definition) is 3. The van der Waals surface area contributed by atoms with Crippen LogP contribution in [-0.4, -0.2) is 35.3 Å². The van der Waals surface area contributed by atoms with E-state index in [1.165, 1.54) is 6.42 Å². The quantitative estimate of drug-likeness (QED) is 0.373. The Morgan fingerprint density at radius 3 is 2.00 bits per heavy atom. The average Bonchev–Trinajstić information content (AvgIpc) is 2.97. The van der Waals surface area contributed by atoms with Crippen LogP contribution in [0.2, 0.25) is 0 Å². The molecule has 202 valence electrons. The molecular formula is C33H37N3O3. The van der Waals surface area contributed by atoms with Crippen LogP contribution in [0.25, 0.3) is 0 Å². The SMILES string of the molecule is O=C(NC1(C(=O)NC(Cc2ccccc2)C(=O)NC2CCCCC2)CCC1c1ccccc1)c1ccccc1. The van der Waals surface area contributed by atoms with E-state index in [0.29, 0.717) is 18.4 Å². The molecule has 6 nitrogen and oxygen atoms in total. The normalized spacial score (nSPS) is 21.7. The van der Waals surface area contributed by atoms with E-state index in [4.69, 9.17) is 0 Å². The van der Waals surface area contributed by atoms with E-state index >= 15 is 0 Å². The summed E-state index contributed by atoms with van der Waals surface area (Å²) in [5.41, 5.74) is 1.32. The molecule has 3 amide bonds. The van der Waals surface area contributed by atoms with Crippen LogP contribution in [0.5, 0.6) is 0 Å². The van der Waals surface area contributed by atoms with E-state index in [1.54, 1.807) is 12.1 Å². The summed E-state index contributed by atoms with van der Waals surface area (Å²) >= 11 is 0. The van der Waals surface area contributed by atoms with Crippen molar-refractivity contribution in [2.75, 3.05) is 0 Å². The molecule has 6 heteroatoms. The molecule has 3 unspecified atom stereocenters. The first-order valence-electron chi connectivity index (χ1n) is 14.1. The third-order valence-corrected chi connectivity index (χ3v) is 8.26. The van der Waals surface area contributed by atoms with Crippen LogP contribution in [0.4, 0.5) is 0 Å². The Balaban J connectivity index is 1.41. The zero-order valence-electron chi connectivity index (χ0n) is 22.3. The number of carbonyl (C=O) groups is 3. The van der Waals surface area contributed by atoms with Crippen molar-refractivity contribution in [1.29, 1.82) is 0 Å². The van der Waals surface area contributed by atoms with Gasteiger partial charge in [0.25, 0.3) is 5.91 Å².